The number of hydrogen-bond acceptors (Lipinski definition) is 2. The van der Waals surface area contributed by atoms with Crippen LogP contribution in [0.15, 0.2) is 12.4 Å². The second-order valence-electron chi connectivity index (χ2n) is 6.42. The van der Waals surface area contributed by atoms with Gasteiger partial charge in [-0.25, -0.2) is 0 Å². The molecule has 0 atom stereocenters. The molecule has 1 N–H and O–H groups in total. The van der Waals surface area contributed by atoms with E-state index in [-0.39, 0.29) is 5.54 Å². The van der Waals surface area contributed by atoms with E-state index in [1.807, 2.05) is 10.9 Å². The summed E-state index contributed by atoms with van der Waals surface area (Å²) in [6.45, 7) is 10.9. The molecule has 2 rings (SSSR count). The predicted molar refractivity (Wildman–Crippen MR) is 70.9 cm³/mol. The van der Waals surface area contributed by atoms with Gasteiger partial charge in [0.1, 0.15) is 0 Å². The number of aromatic nitrogens is 2. The van der Waals surface area contributed by atoms with Gasteiger partial charge in [0.15, 0.2) is 0 Å². The maximum absolute atomic E-state index is 4.41. The number of nitrogens with one attached hydrogen (secondary N) is 1. The van der Waals surface area contributed by atoms with E-state index in [1.54, 1.807) is 0 Å². The van der Waals surface area contributed by atoms with Crippen molar-refractivity contribution in [3.8, 4) is 0 Å². The molecule has 1 saturated carbocycles. The highest BCUT2D eigenvalue weighted by Gasteiger charge is 2.39. The van der Waals surface area contributed by atoms with E-state index in [4.69, 9.17) is 0 Å². The molecule has 1 heterocycles. The largest absolute Gasteiger partial charge is 0.312 e. The zero-order chi connectivity index (χ0) is 12.5. The molecule has 0 unspecified atom stereocenters. The maximum atomic E-state index is 4.41. The average Bonchev–Trinajstić information content (AvgIpc) is 2.86. The summed E-state index contributed by atoms with van der Waals surface area (Å²) in [5.41, 5.74) is 1.99. The quantitative estimate of drug-likeness (QED) is 0.850. The zero-order valence-electron chi connectivity index (χ0n) is 11.6. The zero-order valence-corrected chi connectivity index (χ0v) is 11.6. The summed E-state index contributed by atoms with van der Waals surface area (Å²) in [5.74, 6) is 0. The molecule has 0 radical (unpaired) electrons. The Morgan fingerprint density at radius 3 is 2.59 bits per heavy atom. The number of nitrogens with zero attached hydrogens (tertiary/aromatic N) is 2. The third kappa shape index (κ3) is 3.09. The normalized spacial score (nSPS) is 18.4. The molecule has 96 valence electrons. The van der Waals surface area contributed by atoms with Crippen LogP contribution in [-0.2, 0) is 12.1 Å². The molecule has 0 bridgehead atoms. The monoisotopic (exact) mass is 235 g/mol. The molecule has 1 aromatic rings. The molecule has 0 aromatic carbocycles. The fourth-order valence-corrected chi connectivity index (χ4v) is 2.12. The maximum Gasteiger partial charge on any atom is 0.0543 e. The molecule has 1 aliphatic rings. The van der Waals surface area contributed by atoms with E-state index >= 15 is 0 Å². The molecule has 0 saturated heterocycles. The molecule has 1 fully saturated rings. The SMILES string of the molecule is CCC1(CNCc2cnn(C(C)(C)C)c2)CC1. The summed E-state index contributed by atoms with van der Waals surface area (Å²) in [6.07, 6.45) is 8.24. The Bertz CT molecular complexity index is 369. The van der Waals surface area contributed by atoms with Crippen molar-refractivity contribution in [3.63, 3.8) is 0 Å². The highest BCUT2D eigenvalue weighted by atomic mass is 15.3. The van der Waals surface area contributed by atoms with E-state index < -0.39 is 0 Å². The van der Waals surface area contributed by atoms with Gasteiger partial charge in [-0.1, -0.05) is 6.92 Å². The fraction of sp³-hybridized carbons (Fsp3) is 0.786. The lowest BCUT2D eigenvalue weighted by Crippen LogP contribution is -2.23. The van der Waals surface area contributed by atoms with Gasteiger partial charge in [-0.2, -0.15) is 5.10 Å². The number of hydrogen-bond donors (Lipinski definition) is 1. The van der Waals surface area contributed by atoms with Crippen molar-refractivity contribution in [1.82, 2.24) is 15.1 Å². The van der Waals surface area contributed by atoms with E-state index in [0.717, 1.165) is 13.1 Å². The number of rotatable bonds is 5. The van der Waals surface area contributed by atoms with Gasteiger partial charge in [0.05, 0.1) is 11.7 Å². The van der Waals surface area contributed by atoms with E-state index in [2.05, 4.69) is 44.3 Å². The van der Waals surface area contributed by atoms with Crippen LogP contribution >= 0.6 is 0 Å². The summed E-state index contributed by atoms with van der Waals surface area (Å²) in [4.78, 5) is 0. The predicted octanol–water partition coefficient (Wildman–Crippen LogP) is 2.92. The molecule has 0 spiro atoms. The van der Waals surface area contributed by atoms with Gasteiger partial charge in [-0.15, -0.1) is 0 Å². The third-order valence-electron chi connectivity index (χ3n) is 3.86. The topological polar surface area (TPSA) is 29.9 Å². The molecule has 0 aliphatic heterocycles. The minimum Gasteiger partial charge on any atom is -0.312 e. The van der Waals surface area contributed by atoms with Crippen molar-refractivity contribution in [2.45, 2.75) is 59.0 Å². The van der Waals surface area contributed by atoms with Crippen LogP contribution in [0.4, 0.5) is 0 Å². The average molecular weight is 235 g/mol. The van der Waals surface area contributed by atoms with Crippen LogP contribution in [0.1, 0.15) is 52.5 Å². The molecule has 1 aliphatic carbocycles. The molecular weight excluding hydrogens is 210 g/mol. The van der Waals surface area contributed by atoms with E-state index in [9.17, 15) is 0 Å². The van der Waals surface area contributed by atoms with Crippen molar-refractivity contribution in [1.29, 1.82) is 0 Å². The van der Waals surface area contributed by atoms with Crippen molar-refractivity contribution in [3.05, 3.63) is 18.0 Å². The summed E-state index contributed by atoms with van der Waals surface area (Å²) in [6, 6.07) is 0. The van der Waals surface area contributed by atoms with Crippen LogP contribution in [0.2, 0.25) is 0 Å². The summed E-state index contributed by atoms with van der Waals surface area (Å²) in [7, 11) is 0. The van der Waals surface area contributed by atoms with E-state index in [0.29, 0.717) is 5.41 Å². The van der Waals surface area contributed by atoms with Gasteiger partial charge in [0.25, 0.3) is 0 Å². The van der Waals surface area contributed by atoms with Gasteiger partial charge in [-0.3, -0.25) is 4.68 Å². The Kier molecular flexibility index (Phi) is 3.30. The highest BCUT2D eigenvalue weighted by Crippen LogP contribution is 2.47. The highest BCUT2D eigenvalue weighted by molar-refractivity contribution is 5.05. The van der Waals surface area contributed by atoms with Gasteiger partial charge in [0, 0.05) is 24.8 Å². The standard InChI is InChI=1S/C14H25N3/c1-5-14(6-7-14)11-15-8-12-9-16-17(10-12)13(2,3)4/h9-10,15H,5-8,11H2,1-4H3. The van der Waals surface area contributed by atoms with Crippen LogP contribution in [0.3, 0.4) is 0 Å². The Morgan fingerprint density at radius 2 is 2.12 bits per heavy atom. The molecule has 0 amide bonds. The second-order valence-corrected chi connectivity index (χ2v) is 6.42. The van der Waals surface area contributed by atoms with Gasteiger partial charge < -0.3 is 5.32 Å². The first-order valence-electron chi connectivity index (χ1n) is 6.70. The molecular formula is C14H25N3. The van der Waals surface area contributed by atoms with Crippen LogP contribution in [0, 0.1) is 5.41 Å². The van der Waals surface area contributed by atoms with Crippen LogP contribution in [-0.4, -0.2) is 16.3 Å². The first kappa shape index (κ1) is 12.6. The Balaban J connectivity index is 1.81. The van der Waals surface area contributed by atoms with Crippen molar-refractivity contribution >= 4 is 0 Å². The van der Waals surface area contributed by atoms with Gasteiger partial charge in [0.2, 0.25) is 0 Å². The minimum atomic E-state index is 0.0827. The third-order valence-corrected chi connectivity index (χ3v) is 3.86. The Labute approximate surface area is 105 Å². The van der Waals surface area contributed by atoms with Crippen LogP contribution < -0.4 is 5.32 Å². The van der Waals surface area contributed by atoms with Gasteiger partial charge >= 0.3 is 0 Å². The van der Waals surface area contributed by atoms with Crippen LogP contribution in [0.5, 0.6) is 0 Å². The summed E-state index contributed by atoms with van der Waals surface area (Å²) < 4.78 is 2.04. The fourth-order valence-electron chi connectivity index (χ4n) is 2.12. The van der Waals surface area contributed by atoms with E-state index in [1.165, 1.54) is 24.8 Å². The summed E-state index contributed by atoms with van der Waals surface area (Å²) >= 11 is 0. The van der Waals surface area contributed by atoms with Crippen molar-refractivity contribution < 1.29 is 0 Å². The molecule has 3 heteroatoms. The lowest BCUT2D eigenvalue weighted by Gasteiger charge is -2.18. The lowest BCUT2D eigenvalue weighted by atomic mass is 10.0. The van der Waals surface area contributed by atoms with Crippen molar-refractivity contribution in [2.24, 2.45) is 5.41 Å². The van der Waals surface area contributed by atoms with Gasteiger partial charge in [-0.05, 0) is 45.4 Å². The summed E-state index contributed by atoms with van der Waals surface area (Å²) in [5, 5.41) is 7.98. The smallest absolute Gasteiger partial charge is 0.0543 e. The van der Waals surface area contributed by atoms with Crippen LogP contribution in [0.25, 0.3) is 0 Å². The molecule has 17 heavy (non-hydrogen) atoms. The lowest BCUT2D eigenvalue weighted by molar-refractivity contribution is 0.355. The minimum absolute atomic E-state index is 0.0827. The second kappa shape index (κ2) is 4.45. The Hall–Kier alpha value is -0.830. The first-order chi connectivity index (χ1) is 7.95. The molecule has 1 aromatic heterocycles. The Morgan fingerprint density at radius 1 is 1.41 bits per heavy atom. The first-order valence-corrected chi connectivity index (χ1v) is 6.70. The molecule has 3 nitrogen and oxygen atoms in total. The van der Waals surface area contributed by atoms with Crippen molar-refractivity contribution in [2.75, 3.05) is 6.54 Å².